The maximum absolute atomic E-state index is 13.3. The molecule has 0 bridgehead atoms. The quantitative estimate of drug-likeness (QED) is 0.609. The van der Waals surface area contributed by atoms with Crippen molar-refractivity contribution in [3.05, 3.63) is 33.8 Å². The predicted molar refractivity (Wildman–Crippen MR) is 54.6 cm³/mol. The van der Waals surface area contributed by atoms with E-state index >= 15 is 0 Å². The van der Waals surface area contributed by atoms with Crippen LogP contribution in [-0.2, 0) is 0 Å². The molecule has 0 unspecified atom stereocenters. The molecule has 1 nitrogen and oxygen atoms in total. The largest absolute Gasteiger partial charge is 0.330 e. The first-order valence-electron chi connectivity index (χ1n) is 3.99. The van der Waals surface area contributed by atoms with Gasteiger partial charge in [0.05, 0.1) is 10.0 Å². The minimum atomic E-state index is -0.672. The number of halogens is 3. The second-order valence-corrected chi connectivity index (χ2v) is 3.41. The van der Waals surface area contributed by atoms with Crippen LogP contribution in [0.1, 0.15) is 12.0 Å². The first-order valence-corrected chi connectivity index (χ1v) is 4.78. The van der Waals surface area contributed by atoms with Gasteiger partial charge in [-0.1, -0.05) is 11.8 Å². The number of hydrogen-bond donors (Lipinski definition) is 1. The summed E-state index contributed by atoms with van der Waals surface area (Å²) in [6.07, 6.45) is 0.422. The lowest BCUT2D eigenvalue weighted by atomic mass is 10.2. The summed E-state index contributed by atoms with van der Waals surface area (Å²) in [5, 5.41) is 0. The summed E-state index contributed by atoms with van der Waals surface area (Å²) < 4.78 is 26.5. The van der Waals surface area contributed by atoms with Gasteiger partial charge in [-0.05, 0) is 28.1 Å². The minimum absolute atomic E-state index is 0.205. The molecule has 0 aliphatic carbocycles. The zero-order valence-electron chi connectivity index (χ0n) is 7.28. The van der Waals surface area contributed by atoms with Crippen LogP contribution in [-0.4, -0.2) is 6.54 Å². The van der Waals surface area contributed by atoms with Crippen molar-refractivity contribution in [1.82, 2.24) is 0 Å². The van der Waals surface area contributed by atoms with Crippen molar-refractivity contribution >= 4 is 15.9 Å². The van der Waals surface area contributed by atoms with Crippen molar-refractivity contribution in [2.75, 3.05) is 6.54 Å². The molecule has 0 saturated carbocycles. The topological polar surface area (TPSA) is 26.0 Å². The van der Waals surface area contributed by atoms with Crippen LogP contribution in [0.3, 0.4) is 0 Å². The van der Waals surface area contributed by atoms with E-state index in [0.717, 1.165) is 0 Å². The van der Waals surface area contributed by atoms with Gasteiger partial charge in [0.25, 0.3) is 0 Å². The molecule has 4 heteroatoms. The van der Waals surface area contributed by atoms with Gasteiger partial charge in [-0.3, -0.25) is 0 Å². The Bertz CT molecular complexity index is 393. The maximum Gasteiger partial charge on any atom is 0.155 e. The highest BCUT2D eigenvalue weighted by Gasteiger charge is 2.09. The van der Waals surface area contributed by atoms with Gasteiger partial charge in [-0.2, -0.15) is 0 Å². The second kappa shape index (κ2) is 5.08. The molecule has 1 aromatic rings. The number of hydrogen-bond acceptors (Lipinski definition) is 1. The summed E-state index contributed by atoms with van der Waals surface area (Å²) >= 11 is 2.96. The van der Waals surface area contributed by atoms with Crippen molar-refractivity contribution in [1.29, 1.82) is 0 Å². The molecule has 0 aromatic heterocycles. The van der Waals surface area contributed by atoms with Gasteiger partial charge in [-0.15, -0.1) is 0 Å². The van der Waals surface area contributed by atoms with E-state index in [4.69, 9.17) is 5.73 Å². The van der Waals surface area contributed by atoms with Crippen LogP contribution in [0.25, 0.3) is 0 Å². The Labute approximate surface area is 89.4 Å². The smallest absolute Gasteiger partial charge is 0.155 e. The van der Waals surface area contributed by atoms with Gasteiger partial charge in [0.2, 0.25) is 0 Å². The first-order chi connectivity index (χ1) is 6.66. The lowest BCUT2D eigenvalue weighted by Crippen LogP contribution is -1.96. The highest BCUT2D eigenvalue weighted by Crippen LogP contribution is 2.20. The predicted octanol–water partition coefficient (Wildman–Crippen LogP) is 2.43. The zero-order valence-corrected chi connectivity index (χ0v) is 8.87. The highest BCUT2D eigenvalue weighted by molar-refractivity contribution is 9.10. The fourth-order valence-corrected chi connectivity index (χ4v) is 1.20. The van der Waals surface area contributed by atoms with Crippen LogP contribution in [0.2, 0.25) is 0 Å². The molecule has 0 radical (unpaired) electrons. The van der Waals surface area contributed by atoms with Crippen LogP contribution in [0.4, 0.5) is 8.78 Å². The molecule has 0 atom stereocenters. The molecule has 0 saturated heterocycles. The summed E-state index contributed by atoms with van der Waals surface area (Å²) in [5.41, 5.74) is 4.98. The molecule has 0 spiro atoms. The Morgan fingerprint density at radius 2 is 2.07 bits per heavy atom. The van der Waals surface area contributed by atoms with Gasteiger partial charge in [-0.25, -0.2) is 8.78 Å². The lowest BCUT2D eigenvalue weighted by Gasteiger charge is -1.98. The van der Waals surface area contributed by atoms with Crippen LogP contribution >= 0.6 is 15.9 Å². The van der Waals surface area contributed by atoms with E-state index in [-0.39, 0.29) is 10.0 Å². The number of rotatable bonds is 1. The van der Waals surface area contributed by atoms with E-state index < -0.39 is 11.6 Å². The van der Waals surface area contributed by atoms with Crippen LogP contribution in [0.15, 0.2) is 16.6 Å². The average Bonchev–Trinajstić information content (AvgIpc) is 2.18. The van der Waals surface area contributed by atoms with Crippen LogP contribution in [0.5, 0.6) is 0 Å². The molecule has 0 fully saturated rings. The molecule has 1 aromatic carbocycles. The first kappa shape index (κ1) is 11.2. The molecule has 2 N–H and O–H groups in total. The summed E-state index contributed by atoms with van der Waals surface area (Å²) in [4.78, 5) is 0. The van der Waals surface area contributed by atoms with Gasteiger partial charge < -0.3 is 5.73 Å². The lowest BCUT2D eigenvalue weighted by molar-refractivity contribution is 0.573. The standard InChI is InChI=1S/C10H8BrF2N/c11-8-4-5-9(12)7(10(8)13)3-1-2-6-14/h4-5H,2,6,14H2. The van der Waals surface area contributed by atoms with Gasteiger partial charge in [0.15, 0.2) is 5.82 Å². The molecule has 0 aliphatic heterocycles. The minimum Gasteiger partial charge on any atom is -0.330 e. The van der Waals surface area contributed by atoms with Gasteiger partial charge in [0, 0.05) is 13.0 Å². The Morgan fingerprint density at radius 3 is 2.71 bits per heavy atom. The Balaban J connectivity index is 3.08. The van der Waals surface area contributed by atoms with E-state index in [1.54, 1.807) is 0 Å². The summed E-state index contributed by atoms with van der Waals surface area (Å²) in [6, 6.07) is 2.47. The molecule has 0 aliphatic rings. The molecular formula is C10H8BrF2N. The van der Waals surface area contributed by atoms with Crippen molar-refractivity contribution < 1.29 is 8.78 Å². The van der Waals surface area contributed by atoms with E-state index in [1.165, 1.54) is 12.1 Å². The fourth-order valence-electron chi connectivity index (χ4n) is 0.865. The van der Waals surface area contributed by atoms with E-state index in [9.17, 15) is 8.78 Å². The van der Waals surface area contributed by atoms with Gasteiger partial charge >= 0.3 is 0 Å². The fraction of sp³-hybridized carbons (Fsp3) is 0.200. The SMILES string of the molecule is NCCC#Cc1c(F)ccc(Br)c1F. The second-order valence-electron chi connectivity index (χ2n) is 2.56. The van der Waals surface area contributed by atoms with E-state index in [1.807, 2.05) is 0 Å². The van der Waals surface area contributed by atoms with Gasteiger partial charge in [0.1, 0.15) is 5.82 Å². The number of nitrogens with two attached hydrogens (primary N) is 1. The third kappa shape index (κ3) is 2.53. The van der Waals surface area contributed by atoms with Crippen molar-refractivity contribution in [3.63, 3.8) is 0 Å². The number of benzene rings is 1. The van der Waals surface area contributed by atoms with Crippen LogP contribution in [0, 0.1) is 23.5 Å². The van der Waals surface area contributed by atoms with E-state index in [0.29, 0.717) is 13.0 Å². The molecule has 1 rings (SSSR count). The Kier molecular flexibility index (Phi) is 4.05. The summed E-state index contributed by atoms with van der Waals surface area (Å²) in [5.74, 6) is 3.67. The zero-order chi connectivity index (χ0) is 10.6. The summed E-state index contributed by atoms with van der Waals surface area (Å²) in [6.45, 7) is 0.379. The van der Waals surface area contributed by atoms with E-state index in [2.05, 4.69) is 27.8 Å². The van der Waals surface area contributed by atoms with Crippen molar-refractivity contribution in [2.45, 2.75) is 6.42 Å². The normalized spacial score (nSPS) is 9.43. The monoisotopic (exact) mass is 259 g/mol. The maximum atomic E-state index is 13.3. The summed E-state index contributed by atoms with van der Waals surface area (Å²) in [7, 11) is 0. The molecule has 0 heterocycles. The Morgan fingerprint density at radius 1 is 1.36 bits per heavy atom. The van der Waals surface area contributed by atoms with Crippen molar-refractivity contribution in [3.8, 4) is 11.8 Å². The molecule has 74 valence electrons. The third-order valence-corrected chi connectivity index (χ3v) is 2.14. The highest BCUT2D eigenvalue weighted by atomic mass is 79.9. The van der Waals surface area contributed by atoms with Crippen LogP contribution < -0.4 is 5.73 Å². The Hall–Kier alpha value is -0.920. The molecular weight excluding hydrogens is 252 g/mol. The third-order valence-electron chi connectivity index (χ3n) is 1.53. The molecule has 0 amide bonds. The average molecular weight is 260 g/mol. The molecule has 14 heavy (non-hydrogen) atoms. The van der Waals surface area contributed by atoms with Crippen molar-refractivity contribution in [2.24, 2.45) is 5.73 Å².